The largest absolute Gasteiger partial charge is 0.434 e. The van der Waals surface area contributed by atoms with E-state index in [4.69, 9.17) is 17.3 Å². The maximum absolute atomic E-state index is 12.6. The van der Waals surface area contributed by atoms with Crippen molar-refractivity contribution in [3.63, 3.8) is 0 Å². The van der Waals surface area contributed by atoms with Crippen molar-refractivity contribution < 1.29 is 18.3 Å². The van der Waals surface area contributed by atoms with Crippen LogP contribution in [-0.4, -0.2) is 49.2 Å². The number of hydrogen-bond acceptors (Lipinski definition) is 3. The van der Waals surface area contributed by atoms with Gasteiger partial charge in [0.1, 0.15) is 5.75 Å². The van der Waals surface area contributed by atoms with Gasteiger partial charge in [-0.05, 0) is 38.0 Å². The van der Waals surface area contributed by atoms with Crippen LogP contribution in [-0.2, 0) is 6.54 Å². The van der Waals surface area contributed by atoms with Crippen LogP contribution in [0.1, 0.15) is 25.3 Å². The Kier molecular flexibility index (Phi) is 10.6. The molecule has 0 aromatic heterocycles. The number of nitrogens with two attached hydrogens (primary N) is 1. The van der Waals surface area contributed by atoms with Gasteiger partial charge in [0.2, 0.25) is 0 Å². The first-order chi connectivity index (χ1) is 12.9. The molecule has 28 heavy (non-hydrogen) atoms. The average Bonchev–Trinajstić information content (AvgIpc) is 2.62. The molecular weight excluding hydrogens is 507 g/mol. The number of nitrogens with zero attached hydrogens (tertiary/aromatic N) is 2. The van der Waals surface area contributed by atoms with Gasteiger partial charge >= 0.3 is 12.6 Å². The summed E-state index contributed by atoms with van der Waals surface area (Å²) in [6.07, 6.45) is 1.48. The number of aliphatic imine (C=N–C) groups is 1. The number of ether oxygens (including phenoxy) is 1. The van der Waals surface area contributed by atoms with E-state index in [-0.39, 0.29) is 42.3 Å². The zero-order chi connectivity index (χ0) is 19.8. The summed E-state index contributed by atoms with van der Waals surface area (Å²) < 4.78 is 29.7. The van der Waals surface area contributed by atoms with Crippen LogP contribution in [0.5, 0.6) is 5.75 Å². The molecule has 1 fully saturated rings. The normalized spacial score (nSPS) is 15.2. The van der Waals surface area contributed by atoms with Crippen molar-refractivity contribution in [2.24, 2.45) is 10.7 Å². The van der Waals surface area contributed by atoms with Gasteiger partial charge in [0.15, 0.2) is 5.96 Å². The summed E-state index contributed by atoms with van der Waals surface area (Å²) in [5.74, 6) is 0.599. The second-order valence-electron chi connectivity index (χ2n) is 6.07. The van der Waals surface area contributed by atoms with Crippen molar-refractivity contribution in [1.82, 2.24) is 15.5 Å². The number of rotatable bonds is 6. The van der Waals surface area contributed by atoms with Gasteiger partial charge in [0.25, 0.3) is 0 Å². The third-order valence-corrected chi connectivity index (χ3v) is 4.37. The number of carbonyl (C=O) groups excluding carboxylic acids is 1. The number of likely N-dealkylation sites (tertiary alicyclic amines) is 1. The van der Waals surface area contributed by atoms with Crippen LogP contribution in [0.25, 0.3) is 0 Å². The number of urea groups is 1. The molecule has 1 aromatic rings. The van der Waals surface area contributed by atoms with E-state index < -0.39 is 12.6 Å². The lowest BCUT2D eigenvalue weighted by Gasteiger charge is -2.32. The standard InChI is InChI=1S/C17H24ClF2N5O2.HI/c1-2-22-17(24-13-5-7-25(8-6-13)16(21)26)23-10-11-9-12(18)3-4-14(11)27-15(19)20;/h3-4,9,13,15H,2,5-8,10H2,1H3,(H2,21,26)(H2,22,23,24);1H. The molecule has 1 aliphatic rings. The second-order valence-corrected chi connectivity index (χ2v) is 6.51. The van der Waals surface area contributed by atoms with Crippen molar-refractivity contribution in [1.29, 1.82) is 0 Å². The lowest BCUT2D eigenvalue weighted by Crippen LogP contribution is -2.50. The maximum Gasteiger partial charge on any atom is 0.387 e. The molecular formula is C17H25ClF2IN5O2. The number of halogens is 4. The highest BCUT2D eigenvalue weighted by Gasteiger charge is 2.21. The Morgan fingerprint density at radius 2 is 2.11 bits per heavy atom. The number of nitrogens with one attached hydrogen (secondary N) is 2. The SMILES string of the molecule is CCNC(=NCc1cc(Cl)ccc1OC(F)F)NC1CCN(C(N)=O)CC1.I. The first-order valence-corrected chi connectivity index (χ1v) is 9.09. The van der Waals surface area contributed by atoms with Gasteiger partial charge < -0.3 is 26.0 Å². The van der Waals surface area contributed by atoms with Gasteiger partial charge in [-0.15, -0.1) is 24.0 Å². The van der Waals surface area contributed by atoms with Crippen molar-refractivity contribution in [2.45, 2.75) is 39.0 Å². The van der Waals surface area contributed by atoms with Gasteiger partial charge in [-0.3, -0.25) is 0 Å². The Labute approximate surface area is 185 Å². The number of guanidine groups is 1. The molecule has 4 N–H and O–H groups in total. The Morgan fingerprint density at radius 1 is 1.43 bits per heavy atom. The Hall–Kier alpha value is -1.56. The van der Waals surface area contributed by atoms with E-state index in [1.165, 1.54) is 12.1 Å². The Bertz CT molecular complexity index is 673. The monoisotopic (exact) mass is 531 g/mol. The predicted octanol–water partition coefficient (Wildman–Crippen LogP) is 3.16. The van der Waals surface area contributed by atoms with Crippen LogP contribution in [0.2, 0.25) is 5.02 Å². The lowest BCUT2D eigenvalue weighted by molar-refractivity contribution is -0.0504. The Balaban J connectivity index is 0.00000392. The molecule has 2 rings (SSSR count). The molecule has 0 bridgehead atoms. The van der Waals surface area contributed by atoms with Crippen molar-refractivity contribution in [3.05, 3.63) is 28.8 Å². The summed E-state index contributed by atoms with van der Waals surface area (Å²) in [6, 6.07) is 4.16. The predicted molar refractivity (Wildman–Crippen MR) is 116 cm³/mol. The summed E-state index contributed by atoms with van der Waals surface area (Å²) in [6.45, 7) is 0.924. The third kappa shape index (κ3) is 7.82. The minimum absolute atomic E-state index is 0. The van der Waals surface area contributed by atoms with Crippen molar-refractivity contribution in [2.75, 3.05) is 19.6 Å². The van der Waals surface area contributed by atoms with E-state index in [1.54, 1.807) is 11.0 Å². The van der Waals surface area contributed by atoms with Crippen molar-refractivity contribution >= 4 is 47.6 Å². The zero-order valence-electron chi connectivity index (χ0n) is 15.5. The van der Waals surface area contributed by atoms with Crippen LogP contribution in [0.3, 0.4) is 0 Å². The first kappa shape index (κ1) is 24.5. The topological polar surface area (TPSA) is 92.0 Å². The molecule has 0 radical (unpaired) electrons. The van der Waals surface area contributed by atoms with Gasteiger partial charge in [-0.1, -0.05) is 11.6 Å². The molecule has 1 aliphatic heterocycles. The summed E-state index contributed by atoms with van der Waals surface area (Å²) in [5.41, 5.74) is 5.75. The molecule has 2 amide bonds. The molecule has 0 unspecified atom stereocenters. The summed E-state index contributed by atoms with van der Waals surface area (Å²) in [7, 11) is 0. The van der Waals surface area contributed by atoms with Gasteiger partial charge in [-0.25, -0.2) is 9.79 Å². The number of carbonyl (C=O) groups is 1. The maximum atomic E-state index is 12.6. The summed E-state index contributed by atoms with van der Waals surface area (Å²) in [4.78, 5) is 17.2. The number of piperidine rings is 1. The molecule has 1 aromatic carbocycles. The van der Waals surface area contributed by atoms with Crippen LogP contribution in [0.4, 0.5) is 13.6 Å². The zero-order valence-corrected chi connectivity index (χ0v) is 18.5. The van der Waals surface area contributed by atoms with E-state index in [9.17, 15) is 13.6 Å². The van der Waals surface area contributed by atoms with Crippen LogP contribution in [0, 0.1) is 0 Å². The number of hydrogen-bond donors (Lipinski definition) is 3. The van der Waals surface area contributed by atoms with E-state index in [0.717, 1.165) is 12.8 Å². The number of alkyl halides is 2. The van der Waals surface area contributed by atoms with Crippen LogP contribution >= 0.6 is 35.6 Å². The fourth-order valence-electron chi connectivity index (χ4n) is 2.80. The molecule has 0 aliphatic carbocycles. The third-order valence-electron chi connectivity index (χ3n) is 4.14. The highest BCUT2D eigenvalue weighted by Crippen LogP contribution is 2.25. The van der Waals surface area contributed by atoms with Gasteiger partial charge in [0.05, 0.1) is 6.54 Å². The van der Waals surface area contributed by atoms with E-state index in [1.807, 2.05) is 6.92 Å². The highest BCUT2D eigenvalue weighted by atomic mass is 127. The number of amides is 2. The van der Waals surface area contributed by atoms with Crippen LogP contribution < -0.4 is 21.1 Å². The van der Waals surface area contributed by atoms with E-state index >= 15 is 0 Å². The molecule has 158 valence electrons. The highest BCUT2D eigenvalue weighted by molar-refractivity contribution is 14.0. The number of benzene rings is 1. The summed E-state index contributed by atoms with van der Waals surface area (Å²) >= 11 is 5.96. The second kappa shape index (κ2) is 12.1. The average molecular weight is 532 g/mol. The molecule has 0 saturated carbocycles. The smallest absolute Gasteiger partial charge is 0.387 e. The fourth-order valence-corrected chi connectivity index (χ4v) is 3.00. The quantitative estimate of drug-likeness (QED) is 0.299. The molecule has 0 atom stereocenters. The number of primary amides is 1. The van der Waals surface area contributed by atoms with Crippen LogP contribution in [0.15, 0.2) is 23.2 Å². The minimum atomic E-state index is -2.92. The molecule has 1 saturated heterocycles. The first-order valence-electron chi connectivity index (χ1n) is 8.71. The molecule has 7 nitrogen and oxygen atoms in total. The summed E-state index contributed by atoms with van der Waals surface area (Å²) in [5, 5.41) is 6.84. The lowest BCUT2D eigenvalue weighted by atomic mass is 10.1. The van der Waals surface area contributed by atoms with Crippen molar-refractivity contribution in [3.8, 4) is 5.75 Å². The van der Waals surface area contributed by atoms with Gasteiger partial charge in [0, 0.05) is 36.3 Å². The van der Waals surface area contributed by atoms with E-state index in [2.05, 4.69) is 20.4 Å². The van der Waals surface area contributed by atoms with Gasteiger partial charge in [-0.2, -0.15) is 8.78 Å². The molecule has 0 spiro atoms. The molecule has 11 heteroatoms. The Morgan fingerprint density at radius 3 is 2.68 bits per heavy atom. The fraction of sp³-hybridized carbons (Fsp3) is 0.529. The van der Waals surface area contributed by atoms with E-state index in [0.29, 0.717) is 36.2 Å². The molecule has 1 heterocycles. The minimum Gasteiger partial charge on any atom is -0.434 e.